The molecule has 1 fully saturated rings. The molecule has 0 aromatic heterocycles. The molecule has 35 heavy (non-hydrogen) atoms. The van der Waals surface area contributed by atoms with Gasteiger partial charge in [0.25, 0.3) is 5.91 Å². The van der Waals surface area contributed by atoms with E-state index < -0.39 is 10.0 Å². The molecule has 3 aromatic rings. The maximum absolute atomic E-state index is 12.8. The summed E-state index contributed by atoms with van der Waals surface area (Å²) in [6, 6.07) is 20.2. The van der Waals surface area contributed by atoms with Gasteiger partial charge in [-0.1, -0.05) is 36.4 Å². The Morgan fingerprint density at radius 2 is 1.51 bits per heavy atom. The molecule has 0 bridgehead atoms. The minimum atomic E-state index is -3.74. The number of morpholine rings is 1. The van der Waals surface area contributed by atoms with Crippen LogP contribution in [0.4, 0.5) is 11.4 Å². The lowest BCUT2D eigenvalue weighted by atomic mass is 10.1. The fraction of sp³-hybridized carbons (Fsp3) is 0.231. The SMILES string of the molecule is CC(=O)c1ccc(S(=O)(=O)NCc2ccc(C(=O)Nc3ccccc3N3CCOCC3)cc2)cc1. The Morgan fingerprint density at radius 3 is 2.17 bits per heavy atom. The van der Waals surface area contributed by atoms with E-state index in [1.54, 1.807) is 24.3 Å². The second-order valence-electron chi connectivity index (χ2n) is 8.17. The Labute approximate surface area is 205 Å². The van der Waals surface area contributed by atoms with E-state index in [-0.39, 0.29) is 23.1 Å². The average molecular weight is 494 g/mol. The van der Waals surface area contributed by atoms with E-state index in [1.807, 2.05) is 24.3 Å². The quantitative estimate of drug-likeness (QED) is 0.466. The van der Waals surface area contributed by atoms with Crippen LogP contribution < -0.4 is 14.9 Å². The summed E-state index contributed by atoms with van der Waals surface area (Å²) in [5.41, 5.74) is 3.30. The third kappa shape index (κ3) is 6.13. The van der Waals surface area contributed by atoms with Crippen molar-refractivity contribution in [2.24, 2.45) is 0 Å². The molecule has 1 saturated heterocycles. The van der Waals surface area contributed by atoms with Crippen LogP contribution in [0.25, 0.3) is 0 Å². The topological polar surface area (TPSA) is 105 Å². The zero-order chi connectivity index (χ0) is 24.8. The number of amides is 1. The van der Waals surface area contributed by atoms with Crippen LogP contribution in [0.5, 0.6) is 0 Å². The van der Waals surface area contributed by atoms with Gasteiger partial charge in [0.1, 0.15) is 0 Å². The first kappa shape index (κ1) is 24.6. The Kier molecular flexibility index (Phi) is 7.60. The van der Waals surface area contributed by atoms with Crippen LogP contribution in [0.2, 0.25) is 0 Å². The number of nitrogens with one attached hydrogen (secondary N) is 2. The largest absolute Gasteiger partial charge is 0.378 e. The molecular formula is C26H27N3O5S. The van der Waals surface area contributed by atoms with Crippen LogP contribution in [0.15, 0.2) is 77.7 Å². The molecule has 2 N–H and O–H groups in total. The summed E-state index contributed by atoms with van der Waals surface area (Å²) in [6.07, 6.45) is 0. The summed E-state index contributed by atoms with van der Waals surface area (Å²) in [5.74, 6) is -0.376. The zero-order valence-corrected chi connectivity index (χ0v) is 20.2. The number of ether oxygens (including phenoxy) is 1. The molecule has 4 rings (SSSR count). The minimum Gasteiger partial charge on any atom is -0.378 e. The average Bonchev–Trinajstić information content (AvgIpc) is 2.88. The fourth-order valence-corrected chi connectivity index (χ4v) is 4.78. The lowest BCUT2D eigenvalue weighted by Gasteiger charge is -2.30. The first-order valence-electron chi connectivity index (χ1n) is 11.3. The highest BCUT2D eigenvalue weighted by molar-refractivity contribution is 7.89. The standard InChI is InChI=1S/C26H27N3O5S/c1-19(30)21-10-12-23(13-11-21)35(32,33)27-18-20-6-8-22(9-7-20)26(31)28-24-4-2-3-5-25(24)29-14-16-34-17-15-29/h2-13,27H,14-18H2,1H3,(H,28,31). The second kappa shape index (κ2) is 10.8. The number of para-hydroxylation sites is 2. The van der Waals surface area contributed by atoms with Gasteiger partial charge in [0.15, 0.2) is 5.78 Å². The molecule has 1 aliphatic rings. The number of carbonyl (C=O) groups is 2. The molecule has 3 aromatic carbocycles. The molecular weight excluding hydrogens is 466 g/mol. The summed E-state index contributed by atoms with van der Waals surface area (Å²) in [6.45, 7) is 4.32. The van der Waals surface area contributed by atoms with Crippen LogP contribution in [0.3, 0.4) is 0 Å². The summed E-state index contributed by atoms with van der Waals surface area (Å²) < 4.78 is 33.1. The molecule has 182 valence electrons. The van der Waals surface area contributed by atoms with Crippen molar-refractivity contribution in [3.05, 3.63) is 89.5 Å². The highest BCUT2D eigenvalue weighted by Gasteiger charge is 2.17. The summed E-state index contributed by atoms with van der Waals surface area (Å²) >= 11 is 0. The smallest absolute Gasteiger partial charge is 0.255 e. The molecule has 1 amide bonds. The van der Waals surface area contributed by atoms with Crippen molar-refractivity contribution in [1.29, 1.82) is 0 Å². The zero-order valence-electron chi connectivity index (χ0n) is 19.4. The van der Waals surface area contributed by atoms with E-state index >= 15 is 0 Å². The predicted molar refractivity (Wildman–Crippen MR) is 134 cm³/mol. The first-order valence-corrected chi connectivity index (χ1v) is 12.7. The number of rotatable bonds is 8. The van der Waals surface area contributed by atoms with Crippen molar-refractivity contribution in [3.8, 4) is 0 Å². The number of hydrogen-bond acceptors (Lipinski definition) is 6. The van der Waals surface area contributed by atoms with E-state index in [9.17, 15) is 18.0 Å². The van der Waals surface area contributed by atoms with E-state index in [0.717, 1.165) is 24.5 Å². The lowest BCUT2D eigenvalue weighted by molar-refractivity contribution is 0.101. The highest BCUT2D eigenvalue weighted by atomic mass is 32.2. The number of hydrogen-bond donors (Lipinski definition) is 2. The van der Waals surface area contributed by atoms with Crippen LogP contribution >= 0.6 is 0 Å². The molecule has 0 spiro atoms. The first-order chi connectivity index (χ1) is 16.8. The Bertz CT molecular complexity index is 1300. The van der Waals surface area contributed by atoms with Gasteiger partial charge in [-0.2, -0.15) is 0 Å². The van der Waals surface area contributed by atoms with Gasteiger partial charge in [-0.05, 0) is 48.9 Å². The van der Waals surface area contributed by atoms with Gasteiger partial charge in [0.05, 0.1) is 29.5 Å². The number of ketones is 1. The van der Waals surface area contributed by atoms with Crippen LogP contribution in [0.1, 0.15) is 33.2 Å². The van der Waals surface area contributed by atoms with E-state index in [0.29, 0.717) is 29.9 Å². The van der Waals surface area contributed by atoms with Crippen molar-refractivity contribution in [3.63, 3.8) is 0 Å². The van der Waals surface area contributed by atoms with Crippen molar-refractivity contribution in [1.82, 2.24) is 4.72 Å². The number of benzene rings is 3. The van der Waals surface area contributed by atoms with Crippen LogP contribution in [-0.2, 0) is 21.3 Å². The van der Waals surface area contributed by atoms with Gasteiger partial charge >= 0.3 is 0 Å². The van der Waals surface area contributed by atoms with Crippen molar-refractivity contribution < 1.29 is 22.7 Å². The van der Waals surface area contributed by atoms with E-state index in [4.69, 9.17) is 4.74 Å². The lowest BCUT2D eigenvalue weighted by Crippen LogP contribution is -2.36. The molecule has 0 saturated carbocycles. The minimum absolute atomic E-state index is 0.0680. The third-order valence-corrected chi connectivity index (χ3v) is 7.17. The summed E-state index contributed by atoms with van der Waals surface area (Å²) in [4.78, 5) is 26.5. The van der Waals surface area contributed by atoms with Crippen molar-refractivity contribution >= 4 is 33.1 Å². The maximum atomic E-state index is 12.8. The number of carbonyl (C=O) groups excluding carboxylic acids is 2. The molecule has 9 heteroatoms. The fourth-order valence-electron chi connectivity index (χ4n) is 3.76. The molecule has 8 nitrogen and oxygen atoms in total. The normalized spacial score (nSPS) is 13.9. The number of Topliss-reactive ketones (excluding diaryl/α,β-unsaturated/α-hetero) is 1. The van der Waals surface area contributed by atoms with E-state index in [1.165, 1.54) is 31.2 Å². The molecule has 0 unspecified atom stereocenters. The van der Waals surface area contributed by atoms with Crippen LogP contribution in [0, 0.1) is 0 Å². The number of nitrogens with zero attached hydrogens (tertiary/aromatic N) is 1. The van der Waals surface area contributed by atoms with Crippen LogP contribution in [-0.4, -0.2) is 46.4 Å². The van der Waals surface area contributed by atoms with E-state index in [2.05, 4.69) is 14.9 Å². The molecule has 0 aliphatic carbocycles. The Hall–Kier alpha value is -3.53. The summed E-state index contributed by atoms with van der Waals surface area (Å²) in [5, 5.41) is 2.98. The number of sulfonamides is 1. The highest BCUT2D eigenvalue weighted by Crippen LogP contribution is 2.27. The summed E-state index contributed by atoms with van der Waals surface area (Å²) in [7, 11) is -3.74. The molecule has 1 aliphatic heterocycles. The maximum Gasteiger partial charge on any atom is 0.255 e. The molecule has 1 heterocycles. The van der Waals surface area contributed by atoms with Crippen molar-refractivity contribution in [2.45, 2.75) is 18.4 Å². The third-order valence-electron chi connectivity index (χ3n) is 5.76. The predicted octanol–water partition coefficient (Wildman–Crippen LogP) is 3.46. The number of anilines is 2. The van der Waals surface area contributed by atoms with Gasteiger partial charge in [0, 0.05) is 30.8 Å². The van der Waals surface area contributed by atoms with Gasteiger partial charge < -0.3 is 15.0 Å². The molecule has 0 atom stereocenters. The Balaban J connectivity index is 1.38. The van der Waals surface area contributed by atoms with Gasteiger partial charge in [-0.3, -0.25) is 9.59 Å². The van der Waals surface area contributed by atoms with Gasteiger partial charge in [0.2, 0.25) is 10.0 Å². The molecule has 0 radical (unpaired) electrons. The van der Waals surface area contributed by atoms with Gasteiger partial charge in [-0.25, -0.2) is 13.1 Å². The van der Waals surface area contributed by atoms with Crippen molar-refractivity contribution in [2.75, 3.05) is 36.5 Å². The monoisotopic (exact) mass is 493 g/mol. The second-order valence-corrected chi connectivity index (χ2v) is 9.94. The Morgan fingerprint density at radius 1 is 0.886 bits per heavy atom. The van der Waals surface area contributed by atoms with Gasteiger partial charge in [-0.15, -0.1) is 0 Å².